The fourth-order valence-corrected chi connectivity index (χ4v) is 8.21. The van der Waals surface area contributed by atoms with E-state index in [1.807, 2.05) is 0 Å². The number of rotatable bonds is 2. The molecule has 4 aliphatic rings. The lowest BCUT2D eigenvalue weighted by Crippen LogP contribution is -2.54. The van der Waals surface area contributed by atoms with Crippen molar-refractivity contribution in [1.29, 1.82) is 0 Å². The van der Waals surface area contributed by atoms with Crippen LogP contribution in [0.5, 0.6) is 0 Å². The molecular weight excluding hydrogens is 320 g/mol. The third-order valence-corrected chi connectivity index (χ3v) is 9.71. The van der Waals surface area contributed by atoms with Crippen molar-refractivity contribution in [2.45, 2.75) is 91.6 Å². The Hall–Kier alpha value is -0.790. The third-order valence-electron chi connectivity index (χ3n) is 9.71. The van der Waals surface area contributed by atoms with Gasteiger partial charge in [-0.15, -0.1) is 0 Å². The summed E-state index contributed by atoms with van der Waals surface area (Å²) >= 11 is 0. The molecule has 0 spiro atoms. The Kier molecular flexibility index (Phi) is 4.56. The zero-order valence-electron chi connectivity index (χ0n) is 17.4. The first-order valence-corrected chi connectivity index (χ1v) is 11.2. The number of esters is 1. The van der Waals surface area contributed by atoms with Gasteiger partial charge in [0.15, 0.2) is 0 Å². The average molecular weight is 359 g/mol. The van der Waals surface area contributed by atoms with Gasteiger partial charge in [0.1, 0.15) is 6.10 Å². The van der Waals surface area contributed by atoms with Crippen LogP contribution in [0.4, 0.5) is 0 Å². The topological polar surface area (TPSA) is 26.3 Å². The zero-order chi connectivity index (χ0) is 18.7. The summed E-state index contributed by atoms with van der Waals surface area (Å²) in [7, 11) is 0. The van der Waals surface area contributed by atoms with E-state index in [1.54, 1.807) is 12.5 Å². The fraction of sp³-hybridized carbons (Fsp3) is 0.875. The van der Waals surface area contributed by atoms with E-state index in [0.717, 1.165) is 42.4 Å². The standard InChI is InChI=1S/C24H38O2/c1-6-17-8-10-21-20-9-7-18-14-19(26-16(3)25)11-12-23(18,4)22(20)13-15(2)24(17,21)5/h17-22H,2,6-14H2,1,3-5H3/t17?,18-,19-,20?,21+,22+,23+,24-/m1/s1. The number of ether oxygens (including phenoxy) is 1. The molecule has 0 aromatic heterocycles. The van der Waals surface area contributed by atoms with Crippen LogP contribution >= 0.6 is 0 Å². The lowest BCUT2D eigenvalue weighted by molar-refractivity contribution is -0.157. The molecule has 0 saturated heterocycles. The minimum Gasteiger partial charge on any atom is -0.463 e. The summed E-state index contributed by atoms with van der Waals surface area (Å²) in [6, 6.07) is 0. The maximum Gasteiger partial charge on any atom is 0.302 e. The SMILES string of the molecule is C=C1C[C@H]2C(CC[C@@H]3C[C@H](OC(C)=O)CC[C@@]32C)[C@@H]2CCC(CC)[C@@]12C. The van der Waals surface area contributed by atoms with E-state index in [2.05, 4.69) is 27.4 Å². The van der Waals surface area contributed by atoms with Crippen molar-refractivity contribution >= 4 is 5.97 Å². The van der Waals surface area contributed by atoms with E-state index in [-0.39, 0.29) is 12.1 Å². The van der Waals surface area contributed by atoms with Crippen molar-refractivity contribution in [1.82, 2.24) is 0 Å². The summed E-state index contributed by atoms with van der Waals surface area (Å²) in [5.74, 6) is 4.04. The molecule has 2 nitrogen and oxygen atoms in total. The molecule has 4 fully saturated rings. The van der Waals surface area contributed by atoms with Crippen LogP contribution in [0.3, 0.4) is 0 Å². The molecule has 0 aliphatic heterocycles. The highest BCUT2D eigenvalue weighted by Gasteiger charge is 2.61. The summed E-state index contributed by atoms with van der Waals surface area (Å²) in [5.41, 5.74) is 2.39. The van der Waals surface area contributed by atoms with Crippen molar-refractivity contribution in [2.75, 3.05) is 0 Å². The van der Waals surface area contributed by atoms with E-state index in [0.29, 0.717) is 10.8 Å². The van der Waals surface area contributed by atoms with Crippen LogP contribution in [0.1, 0.15) is 85.5 Å². The third kappa shape index (κ3) is 2.53. The quantitative estimate of drug-likeness (QED) is 0.437. The Morgan fingerprint density at radius 3 is 2.62 bits per heavy atom. The van der Waals surface area contributed by atoms with E-state index in [4.69, 9.17) is 4.74 Å². The van der Waals surface area contributed by atoms with Gasteiger partial charge in [0, 0.05) is 6.92 Å². The first kappa shape index (κ1) is 18.6. The van der Waals surface area contributed by atoms with Crippen molar-refractivity contribution in [3.05, 3.63) is 12.2 Å². The Balaban J connectivity index is 1.58. The van der Waals surface area contributed by atoms with Gasteiger partial charge in [-0.25, -0.2) is 0 Å². The molecule has 2 heteroatoms. The number of hydrogen-bond donors (Lipinski definition) is 0. The Morgan fingerprint density at radius 1 is 1.15 bits per heavy atom. The highest BCUT2D eigenvalue weighted by Crippen LogP contribution is 2.69. The summed E-state index contributed by atoms with van der Waals surface area (Å²) in [6.07, 6.45) is 11.7. The second-order valence-corrected chi connectivity index (χ2v) is 10.4. The molecule has 0 bridgehead atoms. The normalized spacial score (nSPS) is 50.5. The van der Waals surface area contributed by atoms with Gasteiger partial charge in [-0.2, -0.15) is 0 Å². The monoisotopic (exact) mass is 358 g/mol. The molecule has 146 valence electrons. The van der Waals surface area contributed by atoms with Gasteiger partial charge in [-0.05, 0) is 91.8 Å². The van der Waals surface area contributed by atoms with Crippen LogP contribution in [0.2, 0.25) is 0 Å². The van der Waals surface area contributed by atoms with E-state index < -0.39 is 0 Å². The summed E-state index contributed by atoms with van der Waals surface area (Å²) in [5, 5.41) is 0. The summed E-state index contributed by atoms with van der Waals surface area (Å²) in [6.45, 7) is 13.7. The zero-order valence-corrected chi connectivity index (χ0v) is 17.4. The predicted molar refractivity (Wildman–Crippen MR) is 106 cm³/mol. The lowest BCUT2D eigenvalue weighted by Gasteiger charge is -2.61. The Labute approximate surface area is 160 Å². The van der Waals surface area contributed by atoms with Crippen LogP contribution in [0.25, 0.3) is 0 Å². The minimum atomic E-state index is -0.106. The fourth-order valence-electron chi connectivity index (χ4n) is 8.21. The summed E-state index contributed by atoms with van der Waals surface area (Å²) < 4.78 is 5.60. The van der Waals surface area contributed by atoms with Crippen LogP contribution < -0.4 is 0 Å². The smallest absolute Gasteiger partial charge is 0.302 e. The Morgan fingerprint density at radius 2 is 1.92 bits per heavy atom. The predicted octanol–water partition coefficient (Wildman–Crippen LogP) is 6.15. The molecule has 26 heavy (non-hydrogen) atoms. The van der Waals surface area contributed by atoms with Crippen molar-refractivity contribution in [3.63, 3.8) is 0 Å². The van der Waals surface area contributed by atoms with Gasteiger partial charge in [0.2, 0.25) is 0 Å². The van der Waals surface area contributed by atoms with Gasteiger partial charge in [0.05, 0.1) is 0 Å². The maximum absolute atomic E-state index is 11.4. The molecule has 0 N–H and O–H groups in total. The minimum absolute atomic E-state index is 0.106. The number of carbonyl (C=O) groups is 1. The molecule has 4 saturated carbocycles. The molecule has 8 atom stereocenters. The highest BCUT2D eigenvalue weighted by atomic mass is 16.5. The molecule has 0 heterocycles. The second-order valence-electron chi connectivity index (χ2n) is 10.4. The van der Waals surface area contributed by atoms with Crippen LogP contribution in [-0.4, -0.2) is 12.1 Å². The first-order valence-electron chi connectivity index (χ1n) is 11.2. The molecule has 2 unspecified atom stereocenters. The molecule has 4 aliphatic carbocycles. The molecule has 0 amide bonds. The maximum atomic E-state index is 11.4. The molecular formula is C24H38O2. The Bertz CT molecular complexity index is 595. The highest BCUT2D eigenvalue weighted by molar-refractivity contribution is 5.66. The van der Waals surface area contributed by atoms with Crippen molar-refractivity contribution in [3.8, 4) is 0 Å². The second kappa shape index (κ2) is 6.38. The van der Waals surface area contributed by atoms with Crippen LogP contribution in [0.15, 0.2) is 12.2 Å². The van der Waals surface area contributed by atoms with E-state index in [9.17, 15) is 4.79 Å². The number of carbonyl (C=O) groups excluding carboxylic acids is 1. The number of hydrogen-bond acceptors (Lipinski definition) is 2. The van der Waals surface area contributed by atoms with E-state index in [1.165, 1.54) is 44.9 Å². The van der Waals surface area contributed by atoms with Crippen LogP contribution in [0, 0.1) is 40.4 Å². The molecule has 4 rings (SSSR count). The molecule has 0 radical (unpaired) electrons. The molecule has 0 aromatic carbocycles. The van der Waals surface area contributed by atoms with E-state index >= 15 is 0 Å². The average Bonchev–Trinajstić information content (AvgIpc) is 2.94. The van der Waals surface area contributed by atoms with Gasteiger partial charge in [-0.3, -0.25) is 4.79 Å². The summed E-state index contributed by atoms with van der Waals surface area (Å²) in [4.78, 5) is 11.4. The van der Waals surface area contributed by atoms with Crippen molar-refractivity contribution in [2.24, 2.45) is 40.4 Å². The number of allylic oxidation sites excluding steroid dienone is 1. The van der Waals surface area contributed by atoms with Gasteiger partial charge >= 0.3 is 5.97 Å². The largest absolute Gasteiger partial charge is 0.463 e. The van der Waals surface area contributed by atoms with Gasteiger partial charge in [0.25, 0.3) is 0 Å². The van der Waals surface area contributed by atoms with Crippen LogP contribution in [-0.2, 0) is 9.53 Å². The molecule has 0 aromatic rings. The first-order chi connectivity index (χ1) is 12.3. The van der Waals surface area contributed by atoms with Gasteiger partial charge < -0.3 is 4.74 Å². The number of fused-ring (bicyclic) bond motifs is 5. The van der Waals surface area contributed by atoms with Crippen molar-refractivity contribution < 1.29 is 9.53 Å². The lowest BCUT2D eigenvalue weighted by atomic mass is 9.44. The van der Waals surface area contributed by atoms with Gasteiger partial charge in [-0.1, -0.05) is 39.3 Å².